The monoisotopic (exact) mass is 419 g/mol. The lowest BCUT2D eigenvalue weighted by Crippen LogP contribution is -2.12. The number of anilines is 1. The maximum Gasteiger partial charge on any atom is 0.224 e. The quantitative estimate of drug-likeness (QED) is 0.680. The molecule has 0 aromatic heterocycles. The SMILES string of the molecule is O=C(CCc1c(Cl)cccc1Cl)Nc1ccc(I)cc1. The number of amides is 1. The first-order chi connectivity index (χ1) is 9.56. The average Bonchev–Trinajstić information content (AvgIpc) is 2.41. The van der Waals surface area contributed by atoms with Crippen LogP contribution < -0.4 is 5.32 Å². The molecule has 2 aromatic rings. The first-order valence-corrected chi connectivity index (χ1v) is 7.88. The second kappa shape index (κ2) is 7.29. The molecule has 2 aromatic carbocycles. The molecule has 0 bridgehead atoms. The van der Waals surface area contributed by atoms with Gasteiger partial charge >= 0.3 is 0 Å². The van der Waals surface area contributed by atoms with Crippen molar-refractivity contribution in [1.82, 2.24) is 0 Å². The van der Waals surface area contributed by atoms with E-state index in [2.05, 4.69) is 27.9 Å². The van der Waals surface area contributed by atoms with Gasteiger partial charge in [0.2, 0.25) is 5.91 Å². The van der Waals surface area contributed by atoms with Crippen LogP contribution in [0.5, 0.6) is 0 Å². The van der Waals surface area contributed by atoms with E-state index in [9.17, 15) is 4.79 Å². The third-order valence-corrected chi connectivity index (χ3v) is 4.22. The minimum atomic E-state index is -0.0535. The summed E-state index contributed by atoms with van der Waals surface area (Å²) in [6.07, 6.45) is 0.865. The predicted molar refractivity (Wildman–Crippen MR) is 92.6 cm³/mol. The molecule has 0 saturated heterocycles. The van der Waals surface area contributed by atoms with Crippen molar-refractivity contribution in [2.45, 2.75) is 12.8 Å². The summed E-state index contributed by atoms with van der Waals surface area (Å²) < 4.78 is 1.13. The molecule has 0 fully saturated rings. The molecule has 2 nitrogen and oxygen atoms in total. The van der Waals surface area contributed by atoms with E-state index in [0.29, 0.717) is 22.9 Å². The van der Waals surface area contributed by atoms with Crippen LogP contribution in [0.4, 0.5) is 5.69 Å². The minimum Gasteiger partial charge on any atom is -0.326 e. The standard InChI is InChI=1S/C15H12Cl2INO/c16-13-2-1-3-14(17)12(13)8-9-15(20)19-11-6-4-10(18)5-7-11/h1-7H,8-9H2,(H,19,20). The van der Waals surface area contributed by atoms with Crippen molar-refractivity contribution in [2.75, 3.05) is 5.32 Å². The van der Waals surface area contributed by atoms with Crippen molar-refractivity contribution in [3.05, 3.63) is 61.6 Å². The van der Waals surface area contributed by atoms with E-state index in [1.165, 1.54) is 0 Å². The van der Waals surface area contributed by atoms with Crippen LogP contribution in [0, 0.1) is 3.57 Å². The van der Waals surface area contributed by atoms with Crippen LogP contribution in [0.25, 0.3) is 0 Å². The van der Waals surface area contributed by atoms with Gasteiger partial charge in [-0.25, -0.2) is 0 Å². The Bertz CT molecular complexity index is 594. The lowest BCUT2D eigenvalue weighted by Gasteiger charge is -2.08. The largest absolute Gasteiger partial charge is 0.326 e. The van der Waals surface area contributed by atoms with Gasteiger partial charge in [0.15, 0.2) is 0 Å². The zero-order valence-electron chi connectivity index (χ0n) is 10.5. The van der Waals surface area contributed by atoms with Crippen molar-refractivity contribution >= 4 is 57.4 Å². The van der Waals surface area contributed by atoms with Crippen LogP contribution in [0.2, 0.25) is 10.0 Å². The molecule has 0 heterocycles. The number of hydrogen-bond donors (Lipinski definition) is 1. The predicted octanol–water partition coefficient (Wildman–Crippen LogP) is 5.17. The van der Waals surface area contributed by atoms with Gasteiger partial charge in [0.25, 0.3) is 0 Å². The number of hydrogen-bond acceptors (Lipinski definition) is 1. The molecule has 0 saturated carbocycles. The van der Waals surface area contributed by atoms with Crippen LogP contribution in [-0.4, -0.2) is 5.91 Å². The van der Waals surface area contributed by atoms with E-state index in [4.69, 9.17) is 23.2 Å². The molecule has 0 radical (unpaired) electrons. The summed E-state index contributed by atoms with van der Waals surface area (Å²) in [5.74, 6) is -0.0535. The van der Waals surface area contributed by atoms with E-state index in [0.717, 1.165) is 14.8 Å². The minimum absolute atomic E-state index is 0.0535. The molecule has 5 heteroatoms. The fraction of sp³-hybridized carbons (Fsp3) is 0.133. The lowest BCUT2D eigenvalue weighted by atomic mass is 10.1. The number of nitrogens with one attached hydrogen (secondary N) is 1. The second-order valence-corrected chi connectivity index (χ2v) is 6.32. The van der Waals surface area contributed by atoms with Gasteiger partial charge in [-0.2, -0.15) is 0 Å². The molecule has 1 amide bonds. The summed E-state index contributed by atoms with van der Waals surface area (Å²) in [5, 5.41) is 4.04. The van der Waals surface area contributed by atoms with Crippen LogP contribution in [0.15, 0.2) is 42.5 Å². The Morgan fingerprint density at radius 3 is 2.25 bits per heavy atom. The molecule has 0 aliphatic rings. The van der Waals surface area contributed by atoms with E-state index in [1.807, 2.05) is 24.3 Å². The molecule has 2 rings (SSSR count). The molecule has 0 unspecified atom stereocenters. The molecule has 104 valence electrons. The fourth-order valence-corrected chi connectivity index (χ4v) is 2.71. The Labute approximate surface area is 141 Å². The summed E-state index contributed by atoms with van der Waals surface area (Å²) >= 11 is 14.4. The smallest absolute Gasteiger partial charge is 0.224 e. The maximum absolute atomic E-state index is 11.9. The van der Waals surface area contributed by atoms with Gasteiger partial charge in [0.1, 0.15) is 0 Å². The number of rotatable bonds is 4. The van der Waals surface area contributed by atoms with Crippen LogP contribution >= 0.6 is 45.8 Å². The lowest BCUT2D eigenvalue weighted by molar-refractivity contribution is -0.116. The van der Waals surface area contributed by atoms with Crippen LogP contribution in [0.1, 0.15) is 12.0 Å². The highest BCUT2D eigenvalue weighted by molar-refractivity contribution is 14.1. The maximum atomic E-state index is 11.9. The van der Waals surface area contributed by atoms with E-state index in [-0.39, 0.29) is 5.91 Å². The van der Waals surface area contributed by atoms with E-state index >= 15 is 0 Å². The molecule has 1 N–H and O–H groups in total. The molecular formula is C15H12Cl2INO. The first-order valence-electron chi connectivity index (χ1n) is 6.04. The first kappa shape index (κ1) is 15.6. The van der Waals surface area contributed by atoms with Crippen molar-refractivity contribution in [3.63, 3.8) is 0 Å². The zero-order chi connectivity index (χ0) is 14.5. The Morgan fingerprint density at radius 2 is 1.65 bits per heavy atom. The highest BCUT2D eigenvalue weighted by atomic mass is 127. The van der Waals surface area contributed by atoms with Gasteiger partial charge in [0.05, 0.1) is 0 Å². The Kier molecular flexibility index (Phi) is 5.69. The van der Waals surface area contributed by atoms with Crippen molar-refractivity contribution in [2.24, 2.45) is 0 Å². The van der Waals surface area contributed by atoms with Crippen molar-refractivity contribution < 1.29 is 4.79 Å². The van der Waals surface area contributed by atoms with Gasteiger partial charge < -0.3 is 5.32 Å². The average molecular weight is 420 g/mol. The molecule has 0 aliphatic carbocycles. The summed E-state index contributed by atoms with van der Waals surface area (Å²) in [5.41, 5.74) is 1.61. The highest BCUT2D eigenvalue weighted by Gasteiger charge is 2.08. The summed E-state index contributed by atoms with van der Waals surface area (Å²) in [7, 11) is 0. The number of halogens is 3. The Balaban J connectivity index is 1.94. The normalized spacial score (nSPS) is 10.3. The molecule has 0 spiro atoms. The molecule has 0 atom stereocenters. The van der Waals surface area contributed by atoms with E-state index < -0.39 is 0 Å². The fourth-order valence-electron chi connectivity index (χ4n) is 1.77. The molecular weight excluding hydrogens is 408 g/mol. The Hall–Kier alpha value is -0.780. The number of carbonyl (C=O) groups is 1. The van der Waals surface area contributed by atoms with Crippen LogP contribution in [0.3, 0.4) is 0 Å². The van der Waals surface area contributed by atoms with Gasteiger partial charge in [0, 0.05) is 25.7 Å². The molecule has 20 heavy (non-hydrogen) atoms. The topological polar surface area (TPSA) is 29.1 Å². The van der Waals surface area contributed by atoms with E-state index in [1.54, 1.807) is 18.2 Å². The third-order valence-electron chi connectivity index (χ3n) is 2.79. The van der Waals surface area contributed by atoms with Crippen molar-refractivity contribution in [3.8, 4) is 0 Å². The Morgan fingerprint density at radius 1 is 1.05 bits per heavy atom. The van der Waals surface area contributed by atoms with Crippen LogP contribution in [-0.2, 0) is 11.2 Å². The summed E-state index contributed by atoms with van der Waals surface area (Å²) in [6.45, 7) is 0. The number of carbonyl (C=O) groups excluding carboxylic acids is 1. The van der Waals surface area contributed by atoms with Gasteiger partial charge in [-0.15, -0.1) is 0 Å². The number of benzene rings is 2. The second-order valence-electron chi connectivity index (χ2n) is 4.26. The van der Waals surface area contributed by atoms with Gasteiger partial charge in [-0.05, 0) is 71.0 Å². The summed E-state index contributed by atoms with van der Waals surface area (Å²) in [4.78, 5) is 11.9. The van der Waals surface area contributed by atoms with Gasteiger partial charge in [-0.3, -0.25) is 4.79 Å². The summed E-state index contributed by atoms with van der Waals surface area (Å²) in [6, 6.07) is 13.0. The molecule has 0 aliphatic heterocycles. The van der Waals surface area contributed by atoms with Crippen molar-refractivity contribution in [1.29, 1.82) is 0 Å². The zero-order valence-corrected chi connectivity index (χ0v) is 14.2. The van der Waals surface area contributed by atoms with Gasteiger partial charge in [-0.1, -0.05) is 29.3 Å². The highest BCUT2D eigenvalue weighted by Crippen LogP contribution is 2.25. The third kappa shape index (κ3) is 4.36.